The van der Waals surface area contributed by atoms with Crippen LogP contribution in [0.1, 0.15) is 15.2 Å². The molecular formula is C21H19N3O3S2. The molecule has 8 heteroatoms. The molecule has 0 aliphatic rings. The summed E-state index contributed by atoms with van der Waals surface area (Å²) in [6.45, 7) is 0.292. The second-order valence-electron chi connectivity index (χ2n) is 6.21. The smallest absolute Gasteiger partial charge is 0.263 e. The lowest BCUT2D eigenvalue weighted by Gasteiger charge is -2.13. The summed E-state index contributed by atoms with van der Waals surface area (Å²) in [5.41, 5.74) is 8.39. The normalized spacial score (nSPS) is 10.8. The zero-order valence-electron chi connectivity index (χ0n) is 15.9. The maximum absolute atomic E-state index is 12.8. The summed E-state index contributed by atoms with van der Waals surface area (Å²) >= 11 is 2.92. The molecule has 0 atom stereocenters. The quantitative estimate of drug-likeness (QED) is 0.473. The van der Waals surface area contributed by atoms with E-state index in [1.165, 1.54) is 11.3 Å². The summed E-state index contributed by atoms with van der Waals surface area (Å²) in [5.74, 6) is 0.973. The second-order valence-corrected chi connectivity index (χ2v) is 8.15. The Morgan fingerprint density at radius 1 is 1.14 bits per heavy atom. The number of hydrogen-bond acceptors (Lipinski definition) is 7. The van der Waals surface area contributed by atoms with E-state index in [4.69, 9.17) is 15.2 Å². The molecule has 0 saturated heterocycles. The molecule has 0 aliphatic heterocycles. The number of pyridine rings is 1. The molecule has 6 nitrogen and oxygen atoms in total. The lowest BCUT2D eigenvalue weighted by molar-refractivity contribution is 0.0955. The molecule has 3 aromatic heterocycles. The number of carbonyl (C=O) groups excluding carboxylic acids is 1. The number of thiophene rings is 2. The SMILES string of the molecule is COc1cccc(CNC(=O)c2sc3nc(-c4cccs4)ccc3c2N)c1OC. The van der Waals surface area contributed by atoms with E-state index < -0.39 is 0 Å². The number of nitrogens with one attached hydrogen (secondary N) is 1. The van der Waals surface area contributed by atoms with Crippen LogP contribution in [0.25, 0.3) is 20.8 Å². The summed E-state index contributed by atoms with van der Waals surface area (Å²) < 4.78 is 10.7. The molecule has 4 rings (SSSR count). The molecule has 0 aliphatic carbocycles. The van der Waals surface area contributed by atoms with Gasteiger partial charge in [-0.1, -0.05) is 18.2 Å². The summed E-state index contributed by atoms with van der Waals surface area (Å²) in [4.78, 5) is 19.8. The van der Waals surface area contributed by atoms with Gasteiger partial charge in [0.25, 0.3) is 5.91 Å². The predicted molar refractivity (Wildman–Crippen MR) is 118 cm³/mol. The van der Waals surface area contributed by atoms with Crippen molar-refractivity contribution < 1.29 is 14.3 Å². The van der Waals surface area contributed by atoms with E-state index in [1.54, 1.807) is 25.6 Å². The van der Waals surface area contributed by atoms with Crippen molar-refractivity contribution in [3.8, 4) is 22.1 Å². The monoisotopic (exact) mass is 425 g/mol. The molecule has 148 valence electrons. The van der Waals surface area contributed by atoms with Crippen LogP contribution in [0.4, 0.5) is 5.69 Å². The number of rotatable bonds is 6. The Morgan fingerprint density at radius 2 is 2.00 bits per heavy atom. The highest BCUT2D eigenvalue weighted by atomic mass is 32.1. The Labute approximate surface area is 175 Å². The van der Waals surface area contributed by atoms with Gasteiger partial charge in [0, 0.05) is 17.5 Å². The van der Waals surface area contributed by atoms with Gasteiger partial charge in [-0.3, -0.25) is 4.79 Å². The van der Waals surface area contributed by atoms with Crippen LogP contribution in [0.2, 0.25) is 0 Å². The fraction of sp³-hybridized carbons (Fsp3) is 0.143. The van der Waals surface area contributed by atoms with Gasteiger partial charge in [-0.15, -0.1) is 22.7 Å². The van der Waals surface area contributed by atoms with Crippen LogP contribution in [0, 0.1) is 0 Å². The van der Waals surface area contributed by atoms with E-state index in [2.05, 4.69) is 10.3 Å². The van der Waals surface area contributed by atoms with E-state index in [0.717, 1.165) is 26.4 Å². The number of anilines is 1. The summed E-state index contributed by atoms with van der Waals surface area (Å²) in [6, 6.07) is 13.4. The van der Waals surface area contributed by atoms with E-state index in [0.29, 0.717) is 28.6 Å². The van der Waals surface area contributed by atoms with Gasteiger partial charge in [-0.25, -0.2) is 4.98 Å². The molecule has 0 spiro atoms. The average molecular weight is 426 g/mol. The van der Waals surface area contributed by atoms with E-state index in [-0.39, 0.29) is 5.91 Å². The molecule has 0 saturated carbocycles. The number of aromatic nitrogens is 1. The Kier molecular flexibility index (Phi) is 5.37. The number of benzene rings is 1. The minimum atomic E-state index is -0.243. The highest BCUT2D eigenvalue weighted by molar-refractivity contribution is 7.21. The molecule has 1 amide bonds. The largest absolute Gasteiger partial charge is 0.493 e. The van der Waals surface area contributed by atoms with Gasteiger partial charge in [0.05, 0.1) is 30.5 Å². The van der Waals surface area contributed by atoms with Crippen LogP contribution in [0.5, 0.6) is 11.5 Å². The topological polar surface area (TPSA) is 86.5 Å². The van der Waals surface area contributed by atoms with Crippen molar-refractivity contribution in [1.82, 2.24) is 10.3 Å². The number of fused-ring (bicyclic) bond motifs is 1. The Morgan fingerprint density at radius 3 is 2.72 bits per heavy atom. The first-order valence-electron chi connectivity index (χ1n) is 8.83. The Hall–Kier alpha value is -3.10. The van der Waals surface area contributed by atoms with Crippen LogP contribution >= 0.6 is 22.7 Å². The molecule has 4 aromatic rings. The Balaban J connectivity index is 1.58. The number of carbonyl (C=O) groups is 1. The first-order valence-corrected chi connectivity index (χ1v) is 10.5. The molecule has 0 unspecified atom stereocenters. The molecule has 1 aromatic carbocycles. The first kappa shape index (κ1) is 19.2. The van der Waals surface area contributed by atoms with Gasteiger partial charge in [0.1, 0.15) is 9.71 Å². The van der Waals surface area contributed by atoms with Crippen molar-refractivity contribution in [3.63, 3.8) is 0 Å². The van der Waals surface area contributed by atoms with Gasteiger partial charge in [-0.05, 0) is 29.6 Å². The number of nitrogens with zero attached hydrogens (tertiary/aromatic N) is 1. The van der Waals surface area contributed by atoms with Crippen molar-refractivity contribution >= 4 is 44.5 Å². The third-order valence-electron chi connectivity index (χ3n) is 4.50. The zero-order chi connectivity index (χ0) is 20.4. The molecule has 3 N–H and O–H groups in total. The third-order valence-corrected chi connectivity index (χ3v) is 6.50. The molecule has 0 bridgehead atoms. The van der Waals surface area contributed by atoms with Crippen LogP contribution < -0.4 is 20.5 Å². The average Bonchev–Trinajstić information content (AvgIpc) is 3.39. The number of ether oxygens (including phenoxy) is 2. The van der Waals surface area contributed by atoms with E-state index in [1.807, 2.05) is 47.8 Å². The van der Waals surface area contributed by atoms with Gasteiger partial charge < -0.3 is 20.5 Å². The predicted octanol–water partition coefficient (Wildman–Crippen LogP) is 4.55. The minimum Gasteiger partial charge on any atom is -0.493 e. The van der Waals surface area contributed by atoms with Crippen LogP contribution in [-0.4, -0.2) is 25.1 Å². The summed E-state index contributed by atoms with van der Waals surface area (Å²) in [6.07, 6.45) is 0. The highest BCUT2D eigenvalue weighted by Crippen LogP contribution is 2.35. The number of hydrogen-bond donors (Lipinski definition) is 2. The zero-order valence-corrected chi connectivity index (χ0v) is 17.5. The molecule has 29 heavy (non-hydrogen) atoms. The van der Waals surface area contributed by atoms with E-state index in [9.17, 15) is 4.79 Å². The Bertz CT molecular complexity index is 1170. The standard InChI is InChI=1S/C21H19N3O3S2/c1-26-15-6-3-5-12(18(15)27-2)11-23-20(25)19-17(22)13-8-9-14(24-21(13)29-19)16-7-4-10-28-16/h3-10H,11,22H2,1-2H3,(H,23,25). The number of nitrogen functional groups attached to an aromatic ring is 1. The number of para-hydroxylation sites is 1. The summed E-state index contributed by atoms with van der Waals surface area (Å²) in [5, 5.41) is 5.72. The first-order chi connectivity index (χ1) is 14.1. The van der Waals surface area contributed by atoms with Crippen molar-refractivity contribution in [2.75, 3.05) is 20.0 Å². The minimum absolute atomic E-state index is 0.243. The maximum atomic E-state index is 12.8. The molecule has 0 fully saturated rings. The third kappa shape index (κ3) is 3.64. The number of methoxy groups -OCH3 is 2. The van der Waals surface area contributed by atoms with Crippen molar-refractivity contribution in [3.05, 3.63) is 58.3 Å². The van der Waals surface area contributed by atoms with Crippen LogP contribution in [-0.2, 0) is 6.54 Å². The fourth-order valence-electron chi connectivity index (χ4n) is 3.08. The lowest BCUT2D eigenvalue weighted by atomic mass is 10.1. The second kappa shape index (κ2) is 8.10. The highest BCUT2D eigenvalue weighted by Gasteiger charge is 2.19. The van der Waals surface area contributed by atoms with Gasteiger partial charge in [0.2, 0.25) is 0 Å². The summed E-state index contributed by atoms with van der Waals surface area (Å²) in [7, 11) is 3.15. The van der Waals surface area contributed by atoms with E-state index >= 15 is 0 Å². The lowest BCUT2D eigenvalue weighted by Crippen LogP contribution is -2.23. The number of amides is 1. The van der Waals surface area contributed by atoms with Crippen molar-refractivity contribution in [2.45, 2.75) is 6.54 Å². The van der Waals surface area contributed by atoms with Gasteiger partial charge in [-0.2, -0.15) is 0 Å². The molecule has 3 heterocycles. The maximum Gasteiger partial charge on any atom is 0.263 e. The molecule has 0 radical (unpaired) electrons. The van der Waals surface area contributed by atoms with Crippen LogP contribution in [0.3, 0.4) is 0 Å². The fourth-order valence-corrected chi connectivity index (χ4v) is 4.78. The van der Waals surface area contributed by atoms with Crippen molar-refractivity contribution in [1.29, 1.82) is 0 Å². The van der Waals surface area contributed by atoms with Gasteiger partial charge >= 0.3 is 0 Å². The van der Waals surface area contributed by atoms with Gasteiger partial charge in [0.15, 0.2) is 11.5 Å². The number of nitrogens with two attached hydrogens (primary N) is 1. The molecular weight excluding hydrogens is 406 g/mol. The van der Waals surface area contributed by atoms with Crippen molar-refractivity contribution in [2.24, 2.45) is 0 Å². The van der Waals surface area contributed by atoms with Crippen LogP contribution in [0.15, 0.2) is 47.8 Å².